The first kappa shape index (κ1) is 17.2. The van der Waals surface area contributed by atoms with Gasteiger partial charge in [0.2, 0.25) is 5.91 Å². The van der Waals surface area contributed by atoms with Gasteiger partial charge in [-0.3, -0.25) is 29.4 Å². The van der Waals surface area contributed by atoms with E-state index in [1.807, 2.05) is 0 Å². The van der Waals surface area contributed by atoms with Gasteiger partial charge in [0.1, 0.15) is 6.54 Å². The third-order valence-electron chi connectivity index (χ3n) is 4.03. The number of nitrogens with zero attached hydrogens (tertiary/aromatic N) is 3. The molecule has 0 N–H and O–H groups in total. The topological polar surface area (TPSA) is 101 Å². The van der Waals surface area contributed by atoms with E-state index in [1.54, 1.807) is 4.90 Å². The summed E-state index contributed by atoms with van der Waals surface area (Å²) in [6.45, 7) is 1.07. The van der Waals surface area contributed by atoms with Gasteiger partial charge in [0.25, 0.3) is 16.8 Å². The highest BCUT2D eigenvalue weighted by atomic mass is 32.2. The van der Waals surface area contributed by atoms with Gasteiger partial charge < -0.3 is 4.90 Å². The quantitative estimate of drug-likeness (QED) is 0.463. The van der Waals surface area contributed by atoms with E-state index in [1.165, 1.54) is 30.3 Å². The minimum Gasteiger partial charge on any atom is -0.341 e. The van der Waals surface area contributed by atoms with Gasteiger partial charge in [-0.05, 0) is 48.4 Å². The molecule has 0 bridgehead atoms. The fourth-order valence-electron chi connectivity index (χ4n) is 2.68. The molecule has 8 nitrogen and oxygen atoms in total. The summed E-state index contributed by atoms with van der Waals surface area (Å²) in [5.74, 6) is -0.739. The molecule has 0 aliphatic carbocycles. The third kappa shape index (κ3) is 3.71. The zero-order chi connectivity index (χ0) is 18.0. The second-order valence-electron chi connectivity index (χ2n) is 5.70. The molecule has 130 valence electrons. The maximum atomic E-state index is 12.4. The molecule has 1 aromatic rings. The first-order valence-electron chi connectivity index (χ1n) is 7.73. The molecular formula is C16H15N3O5S. The molecule has 2 fully saturated rings. The minimum absolute atomic E-state index is 0.0542. The van der Waals surface area contributed by atoms with Crippen molar-refractivity contribution in [2.75, 3.05) is 19.6 Å². The van der Waals surface area contributed by atoms with Gasteiger partial charge in [-0.25, -0.2) is 0 Å². The van der Waals surface area contributed by atoms with Crippen LogP contribution in [-0.4, -0.2) is 51.4 Å². The van der Waals surface area contributed by atoms with E-state index in [9.17, 15) is 24.5 Å². The lowest BCUT2D eigenvalue weighted by Crippen LogP contribution is -2.40. The Balaban J connectivity index is 1.71. The number of thioether (sulfide) groups is 1. The molecule has 0 saturated carbocycles. The molecule has 0 aromatic heterocycles. The molecule has 0 atom stereocenters. The van der Waals surface area contributed by atoms with E-state index in [4.69, 9.17) is 0 Å². The first-order valence-corrected chi connectivity index (χ1v) is 8.55. The fourth-order valence-corrected chi connectivity index (χ4v) is 3.52. The van der Waals surface area contributed by atoms with Gasteiger partial charge in [-0.2, -0.15) is 0 Å². The van der Waals surface area contributed by atoms with Crippen LogP contribution in [0.4, 0.5) is 10.5 Å². The van der Waals surface area contributed by atoms with E-state index in [2.05, 4.69) is 0 Å². The van der Waals surface area contributed by atoms with Crippen LogP contribution in [0.1, 0.15) is 18.4 Å². The molecular weight excluding hydrogens is 346 g/mol. The molecule has 1 aromatic carbocycles. The largest absolute Gasteiger partial charge is 0.341 e. The van der Waals surface area contributed by atoms with Crippen molar-refractivity contribution in [3.8, 4) is 0 Å². The molecule has 9 heteroatoms. The maximum absolute atomic E-state index is 12.4. The van der Waals surface area contributed by atoms with Crippen LogP contribution >= 0.6 is 11.8 Å². The molecule has 2 heterocycles. The van der Waals surface area contributed by atoms with Gasteiger partial charge in [0.15, 0.2) is 0 Å². The molecule has 0 spiro atoms. The summed E-state index contributed by atoms with van der Waals surface area (Å²) < 4.78 is 0. The van der Waals surface area contributed by atoms with Crippen molar-refractivity contribution in [3.05, 3.63) is 44.8 Å². The van der Waals surface area contributed by atoms with Crippen LogP contribution in [0, 0.1) is 10.1 Å². The second-order valence-corrected chi connectivity index (χ2v) is 6.70. The van der Waals surface area contributed by atoms with Crippen LogP contribution in [0.15, 0.2) is 29.2 Å². The van der Waals surface area contributed by atoms with Gasteiger partial charge in [-0.1, -0.05) is 0 Å². The standard InChI is InChI=1S/C16H15N3O5S/c20-14(17-7-1-2-8-17)10-18-15(21)13(25-16(18)22)9-11-3-5-12(6-4-11)19(23)24/h3-6,9H,1-2,7-8,10H2/b13-9-. The molecule has 25 heavy (non-hydrogen) atoms. The lowest BCUT2D eigenvalue weighted by molar-refractivity contribution is -0.384. The number of carbonyl (C=O) groups excluding carboxylic acids is 3. The number of amides is 3. The van der Waals surface area contributed by atoms with Gasteiger partial charge in [0, 0.05) is 25.2 Å². The van der Waals surface area contributed by atoms with Crippen molar-refractivity contribution in [1.82, 2.24) is 9.80 Å². The fraction of sp³-hybridized carbons (Fsp3) is 0.312. The Morgan fingerprint density at radius 2 is 1.84 bits per heavy atom. The molecule has 2 aliphatic heterocycles. The van der Waals surface area contributed by atoms with E-state index in [0.717, 1.165) is 29.5 Å². The zero-order valence-corrected chi connectivity index (χ0v) is 14.0. The van der Waals surface area contributed by atoms with E-state index in [0.29, 0.717) is 18.7 Å². The Morgan fingerprint density at radius 1 is 1.20 bits per heavy atom. The summed E-state index contributed by atoms with van der Waals surface area (Å²) >= 11 is 0.766. The number of imide groups is 1. The van der Waals surface area contributed by atoms with Crippen molar-refractivity contribution in [2.45, 2.75) is 12.8 Å². The van der Waals surface area contributed by atoms with Crippen molar-refractivity contribution in [3.63, 3.8) is 0 Å². The van der Waals surface area contributed by atoms with Gasteiger partial charge >= 0.3 is 0 Å². The average Bonchev–Trinajstić information content (AvgIpc) is 3.20. The number of nitro groups is 1. The normalized spacial score (nSPS) is 19.1. The van der Waals surface area contributed by atoms with Gasteiger partial charge in [-0.15, -0.1) is 0 Å². The first-order chi connectivity index (χ1) is 12.0. The van der Waals surface area contributed by atoms with Crippen molar-refractivity contribution in [2.24, 2.45) is 0 Å². The van der Waals surface area contributed by atoms with Crippen LogP contribution in [0.25, 0.3) is 6.08 Å². The van der Waals surface area contributed by atoms with Crippen molar-refractivity contribution in [1.29, 1.82) is 0 Å². The van der Waals surface area contributed by atoms with Gasteiger partial charge in [0.05, 0.1) is 9.83 Å². The molecule has 3 rings (SSSR count). The van der Waals surface area contributed by atoms with E-state index < -0.39 is 16.1 Å². The number of carbonyl (C=O) groups is 3. The summed E-state index contributed by atoms with van der Waals surface area (Å²) in [7, 11) is 0. The Morgan fingerprint density at radius 3 is 2.44 bits per heavy atom. The highest BCUT2D eigenvalue weighted by Gasteiger charge is 2.37. The van der Waals surface area contributed by atoms with Crippen LogP contribution in [-0.2, 0) is 9.59 Å². The number of nitro benzene ring substituents is 1. The molecule has 2 aliphatic rings. The number of rotatable bonds is 4. The Bertz CT molecular complexity index is 768. The molecule has 0 radical (unpaired) electrons. The summed E-state index contributed by atoms with van der Waals surface area (Å²) in [5, 5.41) is 10.2. The Hall–Kier alpha value is -2.68. The Labute approximate surface area is 147 Å². The lowest BCUT2D eigenvalue weighted by atomic mass is 10.2. The molecule has 3 amide bonds. The average molecular weight is 361 g/mol. The summed E-state index contributed by atoms with van der Waals surface area (Å²) in [6.07, 6.45) is 3.37. The lowest BCUT2D eigenvalue weighted by Gasteiger charge is -2.18. The highest BCUT2D eigenvalue weighted by molar-refractivity contribution is 8.18. The zero-order valence-electron chi connectivity index (χ0n) is 13.2. The second kappa shape index (κ2) is 7.06. The number of hydrogen-bond acceptors (Lipinski definition) is 6. The van der Waals surface area contributed by atoms with Crippen molar-refractivity contribution < 1.29 is 19.3 Å². The summed E-state index contributed by atoms with van der Waals surface area (Å²) in [4.78, 5) is 49.5. The number of benzene rings is 1. The predicted molar refractivity (Wildman–Crippen MR) is 91.6 cm³/mol. The monoisotopic (exact) mass is 361 g/mol. The third-order valence-corrected chi connectivity index (χ3v) is 4.93. The maximum Gasteiger partial charge on any atom is 0.294 e. The molecule has 2 saturated heterocycles. The number of non-ortho nitro benzene ring substituents is 1. The minimum atomic E-state index is -0.513. The number of likely N-dealkylation sites (tertiary alicyclic amines) is 1. The molecule has 0 unspecified atom stereocenters. The smallest absolute Gasteiger partial charge is 0.294 e. The van der Waals surface area contributed by atoms with Crippen LogP contribution < -0.4 is 0 Å². The van der Waals surface area contributed by atoms with E-state index >= 15 is 0 Å². The Kier molecular flexibility index (Phi) is 4.84. The van der Waals surface area contributed by atoms with Crippen molar-refractivity contribution >= 4 is 40.6 Å². The van der Waals surface area contributed by atoms with Crippen LogP contribution in [0.5, 0.6) is 0 Å². The van der Waals surface area contributed by atoms with Crippen LogP contribution in [0.2, 0.25) is 0 Å². The van der Waals surface area contributed by atoms with Crippen LogP contribution in [0.3, 0.4) is 0 Å². The SMILES string of the molecule is O=C(CN1C(=O)S/C(=C\c2ccc([N+](=O)[O-])cc2)C1=O)N1CCCC1. The predicted octanol–water partition coefficient (Wildman–Crippen LogP) is 2.25. The number of hydrogen-bond donors (Lipinski definition) is 0. The van der Waals surface area contributed by atoms with E-state index in [-0.39, 0.29) is 23.0 Å². The summed E-state index contributed by atoms with van der Waals surface area (Å²) in [6, 6.07) is 5.66. The summed E-state index contributed by atoms with van der Waals surface area (Å²) in [5.41, 5.74) is 0.517. The highest BCUT2D eigenvalue weighted by Crippen LogP contribution is 2.32.